The Hall–Kier alpha value is 0.370. The van der Waals surface area contributed by atoms with Crippen LogP contribution in [0.25, 0.3) is 0 Å². The molecular formula is C20H33Na2O7-. The van der Waals surface area contributed by atoms with E-state index < -0.39 is 35.8 Å². The molecule has 0 amide bonds. The number of aliphatic carboxylic acids is 3. The van der Waals surface area contributed by atoms with Crippen LogP contribution in [0.15, 0.2) is 0 Å². The number of aliphatic hydroxyl groups is 1. The fourth-order valence-electron chi connectivity index (χ4n) is 3.30. The summed E-state index contributed by atoms with van der Waals surface area (Å²) in [7, 11) is 0. The number of carboxylic acid groups (broad SMARTS) is 3. The van der Waals surface area contributed by atoms with Gasteiger partial charge in [0, 0.05) is 24.3 Å². The van der Waals surface area contributed by atoms with Crippen LogP contribution in [0, 0.1) is 5.92 Å². The Balaban J connectivity index is -0.00000338. The normalized spacial score (nSPS) is 13.4. The van der Waals surface area contributed by atoms with Crippen LogP contribution in [0.2, 0.25) is 0 Å². The van der Waals surface area contributed by atoms with E-state index in [1.165, 1.54) is 44.9 Å². The van der Waals surface area contributed by atoms with Crippen LogP contribution in [0.4, 0.5) is 0 Å². The monoisotopic (exact) mass is 431 g/mol. The van der Waals surface area contributed by atoms with Crippen LogP contribution in [0.1, 0.15) is 96.8 Å². The summed E-state index contributed by atoms with van der Waals surface area (Å²) in [5.41, 5.74) is -3.02. The fraction of sp³-hybridized carbons (Fsp3) is 0.850. The SMILES string of the molecule is CCCCCCCCCCCCCCC(C(=O)[O-])C(O)(CC(=O)[O-])C(=O)[O-].[Na+].[Na+]. The molecule has 0 fully saturated rings. The molecule has 0 aliphatic rings. The summed E-state index contributed by atoms with van der Waals surface area (Å²) in [6.07, 6.45) is 11.3. The molecule has 0 saturated carbocycles. The second-order valence-corrected chi connectivity index (χ2v) is 7.31. The van der Waals surface area contributed by atoms with E-state index in [1.54, 1.807) is 0 Å². The van der Waals surface area contributed by atoms with E-state index in [0.29, 0.717) is 12.8 Å². The maximum atomic E-state index is 11.2. The van der Waals surface area contributed by atoms with E-state index in [2.05, 4.69) is 6.92 Å². The summed E-state index contributed by atoms with van der Waals surface area (Å²) in [5.74, 6) is -7.64. The molecule has 2 atom stereocenters. The zero-order valence-corrected chi connectivity index (χ0v) is 22.4. The molecule has 0 aromatic rings. The summed E-state index contributed by atoms with van der Waals surface area (Å²) in [4.78, 5) is 32.9. The molecule has 0 spiro atoms. The van der Waals surface area contributed by atoms with Crippen LogP contribution in [0.5, 0.6) is 0 Å². The van der Waals surface area contributed by atoms with E-state index in [-0.39, 0.29) is 65.5 Å². The van der Waals surface area contributed by atoms with Crippen LogP contribution in [-0.4, -0.2) is 28.6 Å². The van der Waals surface area contributed by atoms with Gasteiger partial charge in [-0.3, -0.25) is 0 Å². The van der Waals surface area contributed by atoms with Crippen LogP contribution >= 0.6 is 0 Å². The van der Waals surface area contributed by atoms with Gasteiger partial charge in [-0.15, -0.1) is 0 Å². The maximum Gasteiger partial charge on any atom is 1.00 e. The molecule has 29 heavy (non-hydrogen) atoms. The molecule has 158 valence electrons. The number of hydrogen-bond acceptors (Lipinski definition) is 7. The molecule has 0 aromatic heterocycles. The third kappa shape index (κ3) is 15.8. The number of unbranched alkanes of at least 4 members (excludes halogenated alkanes) is 11. The van der Waals surface area contributed by atoms with Gasteiger partial charge in [0.1, 0.15) is 5.60 Å². The summed E-state index contributed by atoms with van der Waals surface area (Å²) >= 11 is 0. The second kappa shape index (κ2) is 20.3. The Morgan fingerprint density at radius 2 is 1.14 bits per heavy atom. The van der Waals surface area contributed by atoms with Crippen LogP contribution in [-0.2, 0) is 14.4 Å². The third-order valence-electron chi connectivity index (χ3n) is 4.97. The Bertz CT molecular complexity index is 460. The van der Waals surface area contributed by atoms with Gasteiger partial charge in [-0.1, -0.05) is 84.0 Å². The van der Waals surface area contributed by atoms with Crippen molar-refractivity contribution in [2.24, 2.45) is 5.92 Å². The minimum Gasteiger partial charge on any atom is -0.550 e. The quantitative estimate of drug-likeness (QED) is 0.168. The Kier molecular flexibility index (Phi) is 23.8. The van der Waals surface area contributed by atoms with Gasteiger partial charge in [0.05, 0.1) is 5.97 Å². The number of carbonyl (C=O) groups is 3. The molecule has 0 bridgehead atoms. The summed E-state index contributed by atoms with van der Waals surface area (Å²) in [6, 6.07) is 0. The number of hydrogen-bond donors (Lipinski definition) is 1. The van der Waals surface area contributed by atoms with Gasteiger partial charge < -0.3 is 34.8 Å². The molecule has 9 heteroatoms. The van der Waals surface area contributed by atoms with Crippen molar-refractivity contribution in [3.05, 3.63) is 0 Å². The third-order valence-corrected chi connectivity index (χ3v) is 4.97. The zero-order chi connectivity index (χ0) is 20.7. The summed E-state index contributed by atoms with van der Waals surface area (Å²) in [5, 5.41) is 42.9. The molecule has 0 radical (unpaired) electrons. The average molecular weight is 431 g/mol. The number of rotatable bonds is 18. The van der Waals surface area contributed by atoms with Crippen molar-refractivity contribution in [1.82, 2.24) is 0 Å². The first-order valence-corrected chi connectivity index (χ1v) is 10.1. The standard InChI is InChI=1S/C20H36O7.2Na/c1-2-3-4-5-6-7-8-9-10-11-12-13-14-16(18(23)24)20(27,19(25)26)15-17(21)22;;/h16,27H,2-15H2,1H3,(H,21,22)(H,23,24)(H,25,26);;/q;2*+1/p-3. The van der Waals surface area contributed by atoms with Crippen molar-refractivity contribution in [3.63, 3.8) is 0 Å². The minimum absolute atomic E-state index is 0. The fourth-order valence-corrected chi connectivity index (χ4v) is 3.30. The first-order chi connectivity index (χ1) is 12.8. The van der Waals surface area contributed by atoms with Gasteiger partial charge in [-0.2, -0.15) is 0 Å². The molecule has 7 nitrogen and oxygen atoms in total. The first-order valence-electron chi connectivity index (χ1n) is 10.1. The predicted octanol–water partition coefficient (Wildman–Crippen LogP) is -5.93. The van der Waals surface area contributed by atoms with Gasteiger partial charge >= 0.3 is 59.1 Å². The van der Waals surface area contributed by atoms with Crippen LogP contribution in [0.3, 0.4) is 0 Å². The largest absolute Gasteiger partial charge is 1.00 e. The van der Waals surface area contributed by atoms with Gasteiger partial charge in [0.25, 0.3) is 0 Å². The summed E-state index contributed by atoms with van der Waals surface area (Å²) < 4.78 is 0. The second-order valence-electron chi connectivity index (χ2n) is 7.31. The molecule has 0 aliphatic carbocycles. The molecular weight excluding hydrogens is 398 g/mol. The van der Waals surface area contributed by atoms with Gasteiger partial charge in [0.2, 0.25) is 0 Å². The van der Waals surface area contributed by atoms with Crippen molar-refractivity contribution < 1.29 is 93.9 Å². The Labute approximate surface area is 218 Å². The molecule has 0 aromatic carbocycles. The first kappa shape index (κ1) is 34.0. The average Bonchev–Trinajstić information content (AvgIpc) is 2.57. The van der Waals surface area contributed by atoms with Crippen molar-refractivity contribution in [3.8, 4) is 0 Å². The van der Waals surface area contributed by atoms with Crippen molar-refractivity contribution in [2.45, 2.75) is 102 Å². The van der Waals surface area contributed by atoms with Gasteiger partial charge in [0.15, 0.2) is 0 Å². The number of carbonyl (C=O) groups excluding carboxylic acids is 3. The van der Waals surface area contributed by atoms with Crippen molar-refractivity contribution >= 4 is 17.9 Å². The van der Waals surface area contributed by atoms with E-state index in [1.807, 2.05) is 0 Å². The zero-order valence-electron chi connectivity index (χ0n) is 18.4. The van der Waals surface area contributed by atoms with Gasteiger partial charge in [-0.25, -0.2) is 0 Å². The van der Waals surface area contributed by atoms with E-state index in [4.69, 9.17) is 0 Å². The molecule has 0 saturated heterocycles. The molecule has 0 heterocycles. The Morgan fingerprint density at radius 1 is 0.759 bits per heavy atom. The van der Waals surface area contributed by atoms with E-state index in [9.17, 15) is 34.8 Å². The molecule has 0 rings (SSSR count). The van der Waals surface area contributed by atoms with Crippen LogP contribution < -0.4 is 74.4 Å². The summed E-state index contributed by atoms with van der Waals surface area (Å²) in [6.45, 7) is 2.19. The molecule has 1 N–H and O–H groups in total. The van der Waals surface area contributed by atoms with Crippen molar-refractivity contribution in [2.75, 3.05) is 0 Å². The number of carboxylic acids is 3. The molecule has 2 unspecified atom stereocenters. The topological polar surface area (TPSA) is 141 Å². The Morgan fingerprint density at radius 3 is 1.45 bits per heavy atom. The van der Waals surface area contributed by atoms with Gasteiger partial charge in [-0.05, 0) is 6.42 Å². The minimum atomic E-state index is -3.02. The smallest absolute Gasteiger partial charge is 0.550 e. The van der Waals surface area contributed by atoms with E-state index in [0.717, 1.165) is 19.3 Å². The molecule has 0 aliphatic heterocycles. The van der Waals surface area contributed by atoms with Crippen molar-refractivity contribution in [1.29, 1.82) is 0 Å². The maximum absolute atomic E-state index is 11.2. The van der Waals surface area contributed by atoms with E-state index >= 15 is 0 Å². The predicted molar refractivity (Wildman–Crippen MR) is 93.8 cm³/mol.